The van der Waals surface area contributed by atoms with Crippen molar-refractivity contribution in [3.05, 3.63) is 22.4 Å². The predicted octanol–water partition coefficient (Wildman–Crippen LogP) is 1.64. The quantitative estimate of drug-likeness (QED) is 0.653. The summed E-state index contributed by atoms with van der Waals surface area (Å²) in [6.45, 7) is 0. The van der Waals surface area contributed by atoms with Gasteiger partial charge in [0.05, 0.1) is 6.42 Å². The highest BCUT2D eigenvalue weighted by atomic mass is 32.1. The fourth-order valence-corrected chi connectivity index (χ4v) is 1.39. The van der Waals surface area contributed by atoms with E-state index in [4.69, 9.17) is 0 Å². The third-order valence-electron chi connectivity index (χ3n) is 1.16. The van der Waals surface area contributed by atoms with Crippen LogP contribution in [0.2, 0.25) is 0 Å². The molecule has 1 aromatic heterocycles. The van der Waals surface area contributed by atoms with Crippen molar-refractivity contribution in [3.8, 4) is 0 Å². The summed E-state index contributed by atoms with van der Waals surface area (Å²) in [5, 5.41) is 11.9. The fraction of sp³-hybridized carbons (Fsp3) is 0.286. The van der Waals surface area contributed by atoms with Gasteiger partial charge in [-0.1, -0.05) is 6.07 Å². The van der Waals surface area contributed by atoms with Crippen molar-refractivity contribution < 1.29 is 9.90 Å². The van der Waals surface area contributed by atoms with Crippen molar-refractivity contribution in [3.63, 3.8) is 0 Å². The van der Waals surface area contributed by atoms with Crippen LogP contribution in [0.25, 0.3) is 0 Å². The zero-order valence-corrected chi connectivity index (χ0v) is 6.19. The van der Waals surface area contributed by atoms with Gasteiger partial charge in [0.1, 0.15) is 0 Å². The molecule has 0 N–H and O–H groups in total. The zero-order valence-electron chi connectivity index (χ0n) is 5.37. The van der Waals surface area contributed by atoms with Gasteiger partial charge >= 0.3 is 5.97 Å². The van der Waals surface area contributed by atoms with Crippen LogP contribution in [0, 0.1) is 0 Å². The Kier molecular flexibility index (Phi) is 2.45. The highest BCUT2D eigenvalue weighted by Gasteiger charge is 2.00. The van der Waals surface area contributed by atoms with E-state index in [0.717, 1.165) is 4.88 Å². The van der Waals surface area contributed by atoms with E-state index >= 15 is 0 Å². The van der Waals surface area contributed by atoms with Crippen molar-refractivity contribution in [2.75, 3.05) is 0 Å². The number of hydrogen-bond acceptors (Lipinski definition) is 2. The molecule has 0 aromatic carbocycles. The lowest BCUT2D eigenvalue weighted by Crippen LogP contribution is -1.93. The van der Waals surface area contributed by atoms with Crippen LogP contribution >= 0.6 is 11.3 Å². The molecule has 0 saturated carbocycles. The number of thiophene rings is 1. The molecule has 53 valence electrons. The van der Waals surface area contributed by atoms with E-state index in [2.05, 4.69) is 0 Å². The standard InChI is InChI=1S/C7H7O2S/c8-7(9)4-3-6-2-1-5-10-6/h1-2,5H,3-4H2. The van der Waals surface area contributed by atoms with E-state index in [-0.39, 0.29) is 6.42 Å². The lowest BCUT2D eigenvalue weighted by molar-refractivity contribution is -0.143. The van der Waals surface area contributed by atoms with E-state index in [0.29, 0.717) is 6.42 Å². The van der Waals surface area contributed by atoms with Crippen molar-refractivity contribution in [1.82, 2.24) is 0 Å². The second kappa shape index (κ2) is 3.37. The molecule has 0 aliphatic carbocycles. The Labute approximate surface area is 63.1 Å². The molecule has 0 bridgehead atoms. The average Bonchev–Trinajstić information content (AvgIpc) is 2.34. The normalized spacial score (nSPS) is 9.60. The van der Waals surface area contributed by atoms with Crippen LogP contribution in [0.3, 0.4) is 0 Å². The first kappa shape index (κ1) is 7.28. The average molecular weight is 155 g/mol. The maximum absolute atomic E-state index is 9.99. The summed E-state index contributed by atoms with van der Waals surface area (Å²) in [4.78, 5) is 11.1. The highest BCUT2D eigenvalue weighted by molar-refractivity contribution is 7.09. The molecular weight excluding hydrogens is 148 g/mol. The van der Waals surface area contributed by atoms with Gasteiger partial charge in [-0.2, -0.15) is 0 Å². The third-order valence-corrected chi connectivity index (χ3v) is 2.09. The first-order chi connectivity index (χ1) is 4.79. The van der Waals surface area contributed by atoms with Gasteiger partial charge in [0.15, 0.2) is 0 Å². The Morgan fingerprint density at radius 1 is 1.60 bits per heavy atom. The summed E-state index contributed by atoms with van der Waals surface area (Å²) in [6.07, 6.45) is 0.723. The molecular formula is C7H7O2S. The van der Waals surface area contributed by atoms with Crippen molar-refractivity contribution in [2.24, 2.45) is 0 Å². The second-order valence-corrected chi connectivity index (χ2v) is 2.98. The van der Waals surface area contributed by atoms with Gasteiger partial charge in [0.2, 0.25) is 0 Å². The van der Waals surface area contributed by atoms with Crippen LogP contribution in [0.5, 0.6) is 0 Å². The van der Waals surface area contributed by atoms with Crippen LogP contribution in [0.4, 0.5) is 0 Å². The van der Waals surface area contributed by atoms with E-state index in [1.807, 2.05) is 17.5 Å². The summed E-state index contributed by atoms with van der Waals surface area (Å²) >= 11 is 1.57. The van der Waals surface area contributed by atoms with E-state index in [9.17, 15) is 9.90 Å². The molecule has 0 spiro atoms. The molecule has 1 radical (unpaired) electrons. The smallest absolute Gasteiger partial charge is 0.247 e. The zero-order chi connectivity index (χ0) is 7.40. The van der Waals surface area contributed by atoms with Crippen LogP contribution in [-0.2, 0) is 16.3 Å². The molecule has 0 aliphatic heterocycles. The van der Waals surface area contributed by atoms with Gasteiger partial charge in [0, 0.05) is 4.88 Å². The van der Waals surface area contributed by atoms with Gasteiger partial charge in [-0.05, 0) is 17.9 Å². The van der Waals surface area contributed by atoms with Gasteiger partial charge < -0.3 is 0 Å². The molecule has 1 rings (SSSR count). The highest BCUT2D eigenvalue weighted by Crippen LogP contribution is 2.10. The van der Waals surface area contributed by atoms with E-state index in [1.54, 1.807) is 11.3 Å². The number of carbonyl (C=O) groups is 1. The molecule has 10 heavy (non-hydrogen) atoms. The molecule has 2 nitrogen and oxygen atoms in total. The maximum Gasteiger partial charge on any atom is 0.355 e. The minimum atomic E-state index is -0.978. The third kappa shape index (κ3) is 2.19. The summed E-state index contributed by atoms with van der Waals surface area (Å²) in [5.41, 5.74) is 0. The van der Waals surface area contributed by atoms with Crippen molar-refractivity contribution in [2.45, 2.75) is 12.8 Å². The van der Waals surface area contributed by atoms with Gasteiger partial charge in [0.25, 0.3) is 0 Å². The molecule has 1 aromatic rings. The molecule has 3 heteroatoms. The Morgan fingerprint density at radius 3 is 2.90 bits per heavy atom. The number of carbonyl (C=O) groups excluding carboxylic acids is 1. The Morgan fingerprint density at radius 2 is 2.40 bits per heavy atom. The minimum Gasteiger partial charge on any atom is -0.247 e. The van der Waals surface area contributed by atoms with Gasteiger partial charge in [-0.3, -0.25) is 0 Å². The van der Waals surface area contributed by atoms with Crippen molar-refractivity contribution >= 4 is 17.3 Å². The van der Waals surface area contributed by atoms with Crippen LogP contribution in [-0.4, -0.2) is 5.97 Å². The number of aryl methyl sites for hydroxylation is 1. The molecule has 0 fully saturated rings. The van der Waals surface area contributed by atoms with E-state index in [1.165, 1.54) is 0 Å². The first-order valence-electron chi connectivity index (χ1n) is 3.01. The largest absolute Gasteiger partial charge is 0.355 e. The lowest BCUT2D eigenvalue weighted by atomic mass is 10.3. The molecule has 1 heterocycles. The lowest BCUT2D eigenvalue weighted by Gasteiger charge is -1.87. The van der Waals surface area contributed by atoms with Crippen LogP contribution in [0.1, 0.15) is 11.3 Å². The summed E-state index contributed by atoms with van der Waals surface area (Å²) < 4.78 is 0. The SMILES string of the molecule is [O]C(=O)CCc1cccs1. The van der Waals surface area contributed by atoms with Gasteiger partial charge in [-0.25, -0.2) is 9.90 Å². The maximum atomic E-state index is 9.99. The fourth-order valence-electron chi connectivity index (χ4n) is 0.680. The molecule has 0 atom stereocenters. The Hall–Kier alpha value is -0.830. The topological polar surface area (TPSA) is 37.0 Å². The minimum absolute atomic E-state index is 0.126. The monoisotopic (exact) mass is 155 g/mol. The summed E-state index contributed by atoms with van der Waals surface area (Å²) in [6, 6.07) is 3.84. The molecule has 0 saturated heterocycles. The van der Waals surface area contributed by atoms with E-state index < -0.39 is 5.97 Å². The first-order valence-corrected chi connectivity index (χ1v) is 3.89. The molecule has 0 unspecified atom stereocenters. The second-order valence-electron chi connectivity index (χ2n) is 1.95. The van der Waals surface area contributed by atoms with Crippen LogP contribution < -0.4 is 0 Å². The summed E-state index contributed by atoms with van der Waals surface area (Å²) in [5.74, 6) is -0.978. The van der Waals surface area contributed by atoms with Gasteiger partial charge in [-0.15, -0.1) is 11.3 Å². The Balaban J connectivity index is 2.35. The predicted molar refractivity (Wildman–Crippen MR) is 38.3 cm³/mol. The summed E-state index contributed by atoms with van der Waals surface area (Å²) in [7, 11) is 0. The number of hydrogen-bond donors (Lipinski definition) is 0. The Bertz CT molecular complexity index is 203. The molecule has 0 amide bonds. The number of rotatable bonds is 3. The molecule has 0 aliphatic rings. The van der Waals surface area contributed by atoms with Crippen molar-refractivity contribution in [1.29, 1.82) is 0 Å². The van der Waals surface area contributed by atoms with Crippen LogP contribution in [0.15, 0.2) is 17.5 Å².